The van der Waals surface area contributed by atoms with Crippen molar-refractivity contribution in [2.45, 2.75) is 5.92 Å². The molecule has 170 valence electrons. The molecule has 33 heavy (non-hydrogen) atoms. The number of nitrogens with one attached hydrogen (secondary N) is 3. The van der Waals surface area contributed by atoms with E-state index in [2.05, 4.69) is 21.7 Å². The summed E-state index contributed by atoms with van der Waals surface area (Å²) < 4.78 is 16.1. The number of amides is 2. The molecule has 0 aliphatic rings. The Bertz CT molecular complexity index is 1230. The molecule has 4 rings (SSSR count). The van der Waals surface area contributed by atoms with Gasteiger partial charge in [-0.05, 0) is 53.6 Å². The number of carbonyl (C=O) groups is 1. The zero-order chi connectivity index (χ0) is 23.2. The number of hydrogen-bond donors (Lipinski definition) is 3. The van der Waals surface area contributed by atoms with Gasteiger partial charge in [0.2, 0.25) is 0 Å². The van der Waals surface area contributed by atoms with Crippen LogP contribution >= 0.6 is 0 Å². The van der Waals surface area contributed by atoms with Crippen LogP contribution < -0.4 is 24.8 Å². The maximum absolute atomic E-state index is 12.7. The van der Waals surface area contributed by atoms with Crippen LogP contribution in [0.5, 0.6) is 17.2 Å². The summed E-state index contributed by atoms with van der Waals surface area (Å²) in [7, 11) is 4.83. The van der Waals surface area contributed by atoms with E-state index >= 15 is 0 Å². The number of H-pyrrole nitrogens is 1. The number of ether oxygens (including phenoxy) is 3. The molecule has 0 bridgehead atoms. The minimum absolute atomic E-state index is 0.109. The van der Waals surface area contributed by atoms with Crippen molar-refractivity contribution >= 4 is 22.6 Å². The number of hydrogen-bond acceptors (Lipinski definition) is 4. The van der Waals surface area contributed by atoms with Crippen LogP contribution in [0.2, 0.25) is 0 Å². The summed E-state index contributed by atoms with van der Waals surface area (Å²) in [6.07, 6.45) is 2.00. The second-order valence-corrected chi connectivity index (χ2v) is 7.52. The first kappa shape index (κ1) is 22.1. The quantitative estimate of drug-likeness (QED) is 0.350. The first-order valence-corrected chi connectivity index (χ1v) is 10.6. The summed E-state index contributed by atoms with van der Waals surface area (Å²) in [6.45, 7) is 0.388. The average Bonchev–Trinajstić information content (AvgIpc) is 3.28. The first-order chi connectivity index (χ1) is 16.1. The van der Waals surface area contributed by atoms with E-state index in [1.54, 1.807) is 45.6 Å². The fourth-order valence-corrected chi connectivity index (χ4v) is 3.90. The normalized spacial score (nSPS) is 11.6. The standard InChI is InChI=1S/C26H27N3O4/c1-31-19-11-9-18(10-12-19)29-26(30)28-15-21(17-8-13-24(32-2)25(14-17)33-3)22-16-27-23-7-5-4-6-20(22)23/h4-14,16,21,27H,15H2,1-3H3,(H2,28,29,30)/t21-/m0/s1. The molecule has 0 spiro atoms. The van der Waals surface area contributed by atoms with Crippen molar-refractivity contribution < 1.29 is 19.0 Å². The highest BCUT2D eigenvalue weighted by Gasteiger charge is 2.21. The van der Waals surface area contributed by atoms with Crippen LogP contribution in [0.1, 0.15) is 17.0 Å². The number of methoxy groups -OCH3 is 3. The molecule has 0 aliphatic carbocycles. The van der Waals surface area contributed by atoms with Crippen molar-refractivity contribution in [3.8, 4) is 17.2 Å². The van der Waals surface area contributed by atoms with Crippen molar-refractivity contribution in [3.63, 3.8) is 0 Å². The largest absolute Gasteiger partial charge is 0.497 e. The minimum Gasteiger partial charge on any atom is -0.497 e. The van der Waals surface area contributed by atoms with Crippen LogP contribution in [0.3, 0.4) is 0 Å². The number of fused-ring (bicyclic) bond motifs is 1. The average molecular weight is 446 g/mol. The van der Waals surface area contributed by atoms with Crippen molar-refractivity contribution in [3.05, 3.63) is 84.1 Å². The molecule has 3 N–H and O–H groups in total. The number of anilines is 1. The van der Waals surface area contributed by atoms with Gasteiger partial charge in [-0.25, -0.2) is 4.79 Å². The number of aromatic nitrogens is 1. The third kappa shape index (κ3) is 4.87. The van der Waals surface area contributed by atoms with Crippen LogP contribution in [-0.4, -0.2) is 38.9 Å². The highest BCUT2D eigenvalue weighted by atomic mass is 16.5. The molecule has 2 amide bonds. The Kier molecular flexibility index (Phi) is 6.69. The lowest BCUT2D eigenvalue weighted by Gasteiger charge is -2.20. The van der Waals surface area contributed by atoms with Gasteiger partial charge < -0.3 is 29.8 Å². The Morgan fingerprint density at radius 1 is 0.909 bits per heavy atom. The Morgan fingerprint density at radius 3 is 2.39 bits per heavy atom. The van der Waals surface area contributed by atoms with Gasteiger partial charge in [0.1, 0.15) is 5.75 Å². The molecular formula is C26H27N3O4. The van der Waals surface area contributed by atoms with Gasteiger partial charge in [-0.1, -0.05) is 24.3 Å². The maximum Gasteiger partial charge on any atom is 0.319 e. The molecule has 0 fully saturated rings. The lowest BCUT2D eigenvalue weighted by atomic mass is 9.90. The van der Waals surface area contributed by atoms with Crippen molar-refractivity contribution in [2.75, 3.05) is 33.2 Å². The highest BCUT2D eigenvalue weighted by Crippen LogP contribution is 2.35. The molecule has 0 radical (unpaired) electrons. The Hall–Kier alpha value is -4.13. The van der Waals surface area contributed by atoms with E-state index in [9.17, 15) is 4.79 Å². The monoisotopic (exact) mass is 445 g/mol. The Morgan fingerprint density at radius 2 is 1.67 bits per heavy atom. The molecule has 0 saturated carbocycles. The molecule has 0 unspecified atom stereocenters. The van der Waals surface area contributed by atoms with Crippen molar-refractivity contribution in [2.24, 2.45) is 0 Å². The van der Waals surface area contributed by atoms with Gasteiger partial charge in [-0.15, -0.1) is 0 Å². The van der Waals surface area contributed by atoms with E-state index in [0.29, 0.717) is 23.7 Å². The number of carbonyl (C=O) groups excluding carboxylic acids is 1. The van der Waals surface area contributed by atoms with E-state index in [-0.39, 0.29) is 11.9 Å². The van der Waals surface area contributed by atoms with E-state index in [4.69, 9.17) is 14.2 Å². The van der Waals surface area contributed by atoms with Gasteiger partial charge in [0.05, 0.1) is 21.3 Å². The summed E-state index contributed by atoms with van der Waals surface area (Å²) in [5.74, 6) is 1.92. The van der Waals surface area contributed by atoms with E-state index < -0.39 is 0 Å². The van der Waals surface area contributed by atoms with Gasteiger partial charge in [0, 0.05) is 35.2 Å². The topological polar surface area (TPSA) is 84.6 Å². The second kappa shape index (κ2) is 9.99. The summed E-state index contributed by atoms with van der Waals surface area (Å²) in [5, 5.41) is 6.98. The zero-order valence-corrected chi connectivity index (χ0v) is 18.8. The van der Waals surface area contributed by atoms with Crippen LogP contribution in [-0.2, 0) is 0 Å². The summed E-state index contributed by atoms with van der Waals surface area (Å²) in [6, 6.07) is 20.9. The number of rotatable bonds is 8. The molecule has 3 aromatic carbocycles. The van der Waals surface area contributed by atoms with Crippen molar-refractivity contribution in [1.82, 2.24) is 10.3 Å². The number of benzene rings is 3. The summed E-state index contributed by atoms with van der Waals surface area (Å²) >= 11 is 0. The number of urea groups is 1. The molecular weight excluding hydrogens is 418 g/mol. The molecule has 1 atom stereocenters. The summed E-state index contributed by atoms with van der Waals surface area (Å²) in [4.78, 5) is 16.0. The van der Waals surface area contributed by atoms with Gasteiger partial charge in [-0.3, -0.25) is 0 Å². The lowest BCUT2D eigenvalue weighted by molar-refractivity contribution is 0.252. The van der Waals surface area contributed by atoms with Crippen LogP contribution in [0.25, 0.3) is 10.9 Å². The number of para-hydroxylation sites is 1. The van der Waals surface area contributed by atoms with E-state index in [1.165, 1.54) is 0 Å². The molecule has 1 heterocycles. The summed E-state index contributed by atoms with van der Waals surface area (Å²) in [5.41, 5.74) is 3.81. The SMILES string of the molecule is COc1ccc(NC(=O)NC[C@@H](c2ccc(OC)c(OC)c2)c2c[nH]c3ccccc23)cc1. The third-order valence-electron chi connectivity index (χ3n) is 5.62. The van der Waals surface area contributed by atoms with Gasteiger partial charge in [0.15, 0.2) is 11.5 Å². The number of aromatic amines is 1. The predicted molar refractivity (Wildman–Crippen MR) is 130 cm³/mol. The third-order valence-corrected chi connectivity index (χ3v) is 5.62. The molecule has 0 saturated heterocycles. The molecule has 0 aliphatic heterocycles. The van der Waals surface area contributed by atoms with Gasteiger partial charge in [-0.2, -0.15) is 0 Å². The molecule has 7 nitrogen and oxygen atoms in total. The van der Waals surface area contributed by atoms with E-state index in [0.717, 1.165) is 27.8 Å². The zero-order valence-electron chi connectivity index (χ0n) is 18.8. The molecule has 4 aromatic rings. The van der Waals surface area contributed by atoms with Crippen LogP contribution in [0, 0.1) is 0 Å². The Balaban J connectivity index is 1.59. The fourth-order valence-electron chi connectivity index (χ4n) is 3.90. The van der Waals surface area contributed by atoms with Crippen LogP contribution in [0.15, 0.2) is 72.9 Å². The fraction of sp³-hybridized carbons (Fsp3) is 0.192. The minimum atomic E-state index is -0.287. The predicted octanol–water partition coefficient (Wildman–Crippen LogP) is 5.15. The van der Waals surface area contributed by atoms with Crippen LogP contribution in [0.4, 0.5) is 10.5 Å². The molecule has 7 heteroatoms. The Labute approximate surface area is 192 Å². The smallest absolute Gasteiger partial charge is 0.319 e. The highest BCUT2D eigenvalue weighted by molar-refractivity contribution is 5.89. The molecule has 1 aromatic heterocycles. The van der Waals surface area contributed by atoms with Gasteiger partial charge >= 0.3 is 6.03 Å². The maximum atomic E-state index is 12.7. The van der Waals surface area contributed by atoms with E-state index in [1.807, 2.05) is 42.6 Å². The van der Waals surface area contributed by atoms with Crippen molar-refractivity contribution in [1.29, 1.82) is 0 Å². The second-order valence-electron chi connectivity index (χ2n) is 7.52. The van der Waals surface area contributed by atoms with Gasteiger partial charge in [0.25, 0.3) is 0 Å². The lowest BCUT2D eigenvalue weighted by Crippen LogP contribution is -2.32. The first-order valence-electron chi connectivity index (χ1n) is 10.6.